The van der Waals surface area contributed by atoms with Crippen LogP contribution in [-0.2, 0) is 33.4 Å². The van der Waals surface area contributed by atoms with Gasteiger partial charge in [0.25, 0.3) is 0 Å². The molecule has 0 aromatic rings. The van der Waals surface area contributed by atoms with E-state index >= 15 is 0 Å². The molecule has 0 spiro atoms. The first kappa shape index (κ1) is 35.0. The summed E-state index contributed by atoms with van der Waals surface area (Å²) in [6.45, 7) is 3.54. The average Bonchev–Trinajstić information content (AvgIpc) is 3.28. The Morgan fingerprint density at radius 2 is 1.66 bits per heavy atom. The molecule has 3 amide bonds. The Labute approximate surface area is 240 Å². The molecular weight excluding hydrogens is 542 g/mol. The zero-order valence-corrected chi connectivity index (χ0v) is 24.0. The van der Waals surface area contributed by atoms with E-state index in [1.54, 1.807) is 0 Å². The van der Waals surface area contributed by atoms with Gasteiger partial charge >= 0.3 is 0 Å². The van der Waals surface area contributed by atoms with Gasteiger partial charge < -0.3 is 50.6 Å². The van der Waals surface area contributed by atoms with Gasteiger partial charge in [-0.2, -0.15) is 0 Å². The molecular formula is C27H47N3O11. The van der Waals surface area contributed by atoms with Crippen LogP contribution >= 0.6 is 0 Å². The van der Waals surface area contributed by atoms with Gasteiger partial charge in [0.2, 0.25) is 17.7 Å². The van der Waals surface area contributed by atoms with Gasteiger partial charge in [0.15, 0.2) is 6.29 Å². The predicted molar refractivity (Wildman–Crippen MR) is 144 cm³/mol. The maximum atomic E-state index is 12.1. The fraction of sp³-hybridized carbons (Fsp3) is 0.852. The molecule has 0 aromatic carbocycles. The molecule has 7 N–H and O–H groups in total. The van der Waals surface area contributed by atoms with Crippen LogP contribution in [0.3, 0.4) is 0 Å². The molecule has 1 saturated heterocycles. The van der Waals surface area contributed by atoms with Gasteiger partial charge in [-0.05, 0) is 31.6 Å². The monoisotopic (exact) mass is 589 g/mol. The van der Waals surface area contributed by atoms with Crippen molar-refractivity contribution in [3.8, 4) is 0 Å². The van der Waals surface area contributed by atoms with E-state index in [1.807, 2.05) is 6.92 Å². The standard InChI is InChI=1S/C27H47N3O11/c1-3-17-12-19(20(34)13-17)30-23(36)14-22(35)28-8-4-6-18(33)7-5-9-39-10-11-40-27-24(29-16(2)32)26(38)25(37)21(15-31)41-27/h17,19-21,24-27,31,34,37-38H,3-15H2,1-2H3,(H,28,35)(H,29,32)(H,30,36)/t17?,19?,20?,21-,24-,25+,26-,27?/m1/s1. The maximum Gasteiger partial charge on any atom is 0.229 e. The molecule has 1 saturated carbocycles. The Hall–Kier alpha value is -2.20. The minimum atomic E-state index is -1.39. The van der Waals surface area contributed by atoms with Crippen molar-refractivity contribution in [1.82, 2.24) is 16.0 Å². The molecule has 14 nitrogen and oxygen atoms in total. The molecule has 0 radical (unpaired) electrons. The Morgan fingerprint density at radius 1 is 0.927 bits per heavy atom. The van der Waals surface area contributed by atoms with Gasteiger partial charge in [0.05, 0.1) is 32.0 Å². The van der Waals surface area contributed by atoms with Crippen LogP contribution in [-0.4, -0.2) is 120 Å². The lowest BCUT2D eigenvalue weighted by Gasteiger charge is -2.42. The number of carbonyl (C=O) groups excluding carboxylic acids is 4. The number of nitrogens with one attached hydrogen (secondary N) is 3. The summed E-state index contributed by atoms with van der Waals surface area (Å²) in [6, 6.07) is -1.34. The summed E-state index contributed by atoms with van der Waals surface area (Å²) in [7, 11) is 0. The van der Waals surface area contributed by atoms with Gasteiger partial charge in [-0.3, -0.25) is 19.2 Å². The number of rotatable bonds is 18. The predicted octanol–water partition coefficient (Wildman–Crippen LogP) is -1.74. The van der Waals surface area contributed by atoms with E-state index in [1.165, 1.54) is 6.92 Å². The summed E-state index contributed by atoms with van der Waals surface area (Å²) in [5, 5.41) is 47.5. The molecule has 0 bridgehead atoms. The highest BCUT2D eigenvalue weighted by Gasteiger charge is 2.45. The van der Waals surface area contributed by atoms with Gasteiger partial charge in [-0.15, -0.1) is 0 Å². The van der Waals surface area contributed by atoms with E-state index in [0.717, 1.165) is 6.42 Å². The van der Waals surface area contributed by atoms with Crippen molar-refractivity contribution in [3.63, 3.8) is 0 Å². The van der Waals surface area contributed by atoms with E-state index in [-0.39, 0.29) is 44.4 Å². The van der Waals surface area contributed by atoms with E-state index in [9.17, 15) is 39.6 Å². The van der Waals surface area contributed by atoms with Gasteiger partial charge in [0, 0.05) is 32.9 Å². The highest BCUT2D eigenvalue weighted by atomic mass is 16.7. The van der Waals surface area contributed by atoms with Crippen LogP contribution in [0.15, 0.2) is 0 Å². The fourth-order valence-corrected chi connectivity index (χ4v) is 5.02. The smallest absolute Gasteiger partial charge is 0.229 e. The lowest BCUT2D eigenvalue weighted by Crippen LogP contribution is -2.64. The number of carbonyl (C=O) groups is 4. The zero-order valence-electron chi connectivity index (χ0n) is 24.0. The topological polar surface area (TPSA) is 213 Å². The van der Waals surface area contributed by atoms with E-state index in [4.69, 9.17) is 14.2 Å². The van der Waals surface area contributed by atoms with E-state index in [2.05, 4.69) is 16.0 Å². The molecule has 41 heavy (non-hydrogen) atoms. The van der Waals surface area contributed by atoms with Crippen molar-refractivity contribution >= 4 is 23.5 Å². The highest BCUT2D eigenvalue weighted by molar-refractivity contribution is 5.97. The first-order valence-corrected chi connectivity index (χ1v) is 14.4. The van der Waals surface area contributed by atoms with Crippen molar-refractivity contribution in [2.75, 3.05) is 33.0 Å². The third-order valence-corrected chi connectivity index (χ3v) is 7.33. The number of ether oxygens (including phenoxy) is 3. The number of amides is 3. The van der Waals surface area contributed by atoms with Crippen LogP contribution in [0.25, 0.3) is 0 Å². The van der Waals surface area contributed by atoms with Crippen molar-refractivity contribution in [2.45, 2.75) is 108 Å². The molecule has 1 heterocycles. The molecule has 2 rings (SSSR count). The highest BCUT2D eigenvalue weighted by Crippen LogP contribution is 2.28. The molecule has 14 heteroatoms. The minimum absolute atomic E-state index is 0.0221. The molecule has 2 aliphatic rings. The Morgan fingerprint density at radius 3 is 2.32 bits per heavy atom. The second kappa shape index (κ2) is 18.4. The van der Waals surface area contributed by atoms with Crippen LogP contribution in [0.2, 0.25) is 0 Å². The lowest BCUT2D eigenvalue weighted by molar-refractivity contribution is -0.272. The third-order valence-electron chi connectivity index (χ3n) is 7.33. The number of Topliss-reactive ketones (excluding diaryl/α,β-unsaturated/α-hetero) is 1. The van der Waals surface area contributed by atoms with Crippen LogP contribution < -0.4 is 16.0 Å². The molecule has 4 unspecified atom stereocenters. The number of aliphatic hydroxyl groups excluding tert-OH is 4. The number of hydrogen-bond acceptors (Lipinski definition) is 11. The Kier molecular flexibility index (Phi) is 15.7. The van der Waals surface area contributed by atoms with Crippen LogP contribution in [0, 0.1) is 5.92 Å². The Balaban J connectivity index is 1.51. The molecule has 2 fully saturated rings. The number of aliphatic hydroxyl groups is 4. The molecule has 1 aliphatic carbocycles. The second-order valence-electron chi connectivity index (χ2n) is 10.7. The SMILES string of the molecule is CCC1CC(O)C(NC(=O)CC(=O)NCCCC(=O)CCCOCCOC2O[C@H](CO)[C@H](O)[C@H](O)[C@H]2NC(C)=O)C1. The first-order valence-electron chi connectivity index (χ1n) is 14.4. The summed E-state index contributed by atoms with van der Waals surface area (Å²) in [4.78, 5) is 47.6. The van der Waals surface area contributed by atoms with Crippen molar-refractivity contribution in [1.29, 1.82) is 0 Å². The normalized spacial score (nSPS) is 29.6. The average molecular weight is 590 g/mol. The van der Waals surface area contributed by atoms with Crippen LogP contribution in [0.4, 0.5) is 0 Å². The summed E-state index contributed by atoms with van der Waals surface area (Å²) in [5.41, 5.74) is 0. The lowest BCUT2D eigenvalue weighted by atomic mass is 9.97. The number of ketones is 1. The molecule has 0 aromatic heterocycles. The summed E-state index contributed by atoms with van der Waals surface area (Å²) < 4.78 is 16.5. The minimum Gasteiger partial charge on any atom is -0.394 e. The maximum absolute atomic E-state index is 12.1. The van der Waals surface area contributed by atoms with E-state index in [0.29, 0.717) is 44.6 Å². The van der Waals surface area contributed by atoms with Gasteiger partial charge in [-0.1, -0.05) is 13.3 Å². The van der Waals surface area contributed by atoms with Gasteiger partial charge in [-0.25, -0.2) is 0 Å². The van der Waals surface area contributed by atoms with Crippen molar-refractivity contribution in [2.24, 2.45) is 5.92 Å². The van der Waals surface area contributed by atoms with Crippen LogP contribution in [0.1, 0.15) is 65.2 Å². The Bertz CT molecular complexity index is 845. The largest absolute Gasteiger partial charge is 0.394 e. The summed E-state index contributed by atoms with van der Waals surface area (Å²) in [6.07, 6.45) is -2.00. The first-order chi connectivity index (χ1) is 19.5. The fourth-order valence-electron chi connectivity index (χ4n) is 5.02. The van der Waals surface area contributed by atoms with Crippen molar-refractivity contribution < 1.29 is 53.8 Å². The summed E-state index contributed by atoms with van der Waals surface area (Å²) in [5.74, 6) is -0.895. The number of hydrogen-bond donors (Lipinski definition) is 7. The second-order valence-corrected chi connectivity index (χ2v) is 10.7. The molecule has 8 atom stereocenters. The van der Waals surface area contributed by atoms with Crippen molar-refractivity contribution in [3.05, 3.63) is 0 Å². The quantitative estimate of drug-likeness (QED) is 0.0704. The van der Waals surface area contributed by atoms with E-state index < -0.39 is 61.1 Å². The van der Waals surface area contributed by atoms with Gasteiger partial charge in [0.1, 0.15) is 36.6 Å². The molecule has 236 valence electrons. The third kappa shape index (κ3) is 12.3. The summed E-state index contributed by atoms with van der Waals surface area (Å²) >= 11 is 0. The molecule has 1 aliphatic heterocycles. The zero-order chi connectivity index (χ0) is 30.4. The van der Waals surface area contributed by atoms with Crippen LogP contribution in [0.5, 0.6) is 0 Å².